The Hall–Kier alpha value is -4.63. The van der Waals surface area contributed by atoms with E-state index >= 15 is 8.78 Å². The molecule has 0 saturated carbocycles. The van der Waals surface area contributed by atoms with Gasteiger partial charge in [-0.3, -0.25) is 0 Å². The van der Waals surface area contributed by atoms with Gasteiger partial charge in [-0.1, -0.05) is 36.4 Å². The first kappa shape index (κ1) is 26.6. The van der Waals surface area contributed by atoms with Crippen molar-refractivity contribution in [3.8, 4) is 17.1 Å². The van der Waals surface area contributed by atoms with E-state index in [1.54, 1.807) is 36.4 Å². The monoisotopic (exact) mass is 555 g/mol. The Kier molecular flexibility index (Phi) is 7.43. The molecule has 1 aliphatic rings. The maximum atomic E-state index is 15.5. The number of esters is 1. The molecular weight excluding hydrogens is 528 g/mol. The van der Waals surface area contributed by atoms with Crippen LogP contribution in [0.1, 0.15) is 33.7 Å². The average molecular weight is 556 g/mol. The summed E-state index contributed by atoms with van der Waals surface area (Å²) in [6.45, 7) is 1.47. The second-order valence-corrected chi connectivity index (χ2v) is 9.85. The minimum atomic E-state index is -0.605. The van der Waals surface area contributed by atoms with E-state index in [0.717, 1.165) is 18.1 Å². The van der Waals surface area contributed by atoms with Gasteiger partial charge in [-0.25, -0.2) is 23.5 Å². The lowest BCUT2D eigenvalue weighted by Gasteiger charge is -2.27. The summed E-state index contributed by atoms with van der Waals surface area (Å²) in [7, 11) is 1.32. The van der Waals surface area contributed by atoms with Gasteiger partial charge in [0.1, 0.15) is 24.1 Å². The second-order valence-electron chi connectivity index (χ2n) is 9.85. The molecule has 1 saturated heterocycles. The molecule has 9 heteroatoms. The highest BCUT2D eigenvalue weighted by atomic mass is 19.1. The lowest BCUT2D eigenvalue weighted by molar-refractivity contribution is -0.0589. The van der Waals surface area contributed by atoms with Crippen LogP contribution in [0.5, 0.6) is 5.88 Å². The summed E-state index contributed by atoms with van der Waals surface area (Å²) >= 11 is 0. The smallest absolute Gasteiger partial charge is 0.337 e. The Balaban J connectivity index is 1.28. The molecule has 0 unspecified atom stereocenters. The summed E-state index contributed by atoms with van der Waals surface area (Å²) in [5.41, 5.74) is 3.15. The normalized spacial score (nSPS) is 14.6. The van der Waals surface area contributed by atoms with E-state index in [2.05, 4.69) is 4.98 Å². The molecule has 0 amide bonds. The third-order valence-electron chi connectivity index (χ3n) is 7.14. The summed E-state index contributed by atoms with van der Waals surface area (Å²) < 4.78 is 49.0. The zero-order valence-corrected chi connectivity index (χ0v) is 22.3. The Labute approximate surface area is 235 Å². The number of imidazole rings is 1. The number of methoxy groups -OCH3 is 1. The van der Waals surface area contributed by atoms with Crippen molar-refractivity contribution in [1.82, 2.24) is 14.5 Å². The van der Waals surface area contributed by atoms with E-state index < -0.39 is 17.6 Å². The summed E-state index contributed by atoms with van der Waals surface area (Å²) in [5.74, 6) is -0.793. The van der Waals surface area contributed by atoms with Gasteiger partial charge in [-0.15, -0.1) is 0 Å². The first-order valence-electron chi connectivity index (χ1n) is 13.3. The number of carbonyl (C=O) groups excluding carboxylic acids is 1. The van der Waals surface area contributed by atoms with Gasteiger partial charge in [0.05, 0.1) is 42.0 Å². The molecule has 0 radical (unpaired) electrons. The van der Waals surface area contributed by atoms with Crippen LogP contribution in [0, 0.1) is 11.6 Å². The van der Waals surface area contributed by atoms with Crippen LogP contribution in [-0.4, -0.2) is 40.3 Å². The Bertz CT molecular complexity index is 1720. The molecule has 3 heterocycles. The predicted molar refractivity (Wildman–Crippen MR) is 149 cm³/mol. The highest BCUT2D eigenvalue weighted by Crippen LogP contribution is 2.29. The number of aromatic nitrogens is 3. The molecule has 41 heavy (non-hydrogen) atoms. The van der Waals surface area contributed by atoms with Crippen molar-refractivity contribution in [2.45, 2.75) is 32.1 Å². The Morgan fingerprint density at radius 1 is 1.00 bits per heavy atom. The van der Waals surface area contributed by atoms with Gasteiger partial charge in [0, 0.05) is 24.7 Å². The van der Waals surface area contributed by atoms with Crippen molar-refractivity contribution < 1.29 is 27.8 Å². The molecule has 0 N–H and O–H groups in total. The standard InChI is InChI=1S/C32H27F2N3O4/c1-39-32(38)21-10-11-28-29(15-21)37(18-23-12-13-40-23)30(35-28)16-22-14-26(34)24(17-25(22)33)27-8-5-9-31(36-27)41-19-20-6-3-2-4-7-20/h2-11,14-15,17,23H,12-13,16,18-19H2,1H3/t23-/m0/s1. The highest BCUT2D eigenvalue weighted by Gasteiger charge is 2.24. The molecule has 0 aliphatic carbocycles. The largest absolute Gasteiger partial charge is 0.473 e. The molecule has 0 spiro atoms. The quantitative estimate of drug-likeness (QED) is 0.204. The number of ether oxygens (including phenoxy) is 3. The van der Waals surface area contributed by atoms with Crippen molar-refractivity contribution in [2.75, 3.05) is 13.7 Å². The van der Waals surface area contributed by atoms with Crippen LogP contribution < -0.4 is 4.74 Å². The summed E-state index contributed by atoms with van der Waals surface area (Å²) in [4.78, 5) is 21.2. The fraction of sp³-hybridized carbons (Fsp3) is 0.219. The van der Waals surface area contributed by atoms with Gasteiger partial charge in [0.2, 0.25) is 5.88 Å². The molecule has 1 atom stereocenters. The second kappa shape index (κ2) is 11.5. The van der Waals surface area contributed by atoms with E-state index in [-0.39, 0.29) is 29.3 Å². The molecule has 5 aromatic rings. The highest BCUT2D eigenvalue weighted by molar-refractivity contribution is 5.93. The number of rotatable bonds is 9. The molecule has 2 aromatic heterocycles. The van der Waals surface area contributed by atoms with E-state index in [1.165, 1.54) is 13.2 Å². The average Bonchev–Trinajstić information content (AvgIpc) is 3.31. The molecule has 0 bridgehead atoms. The van der Waals surface area contributed by atoms with Crippen molar-refractivity contribution in [2.24, 2.45) is 0 Å². The van der Waals surface area contributed by atoms with Gasteiger partial charge in [-0.05, 0) is 53.9 Å². The minimum Gasteiger partial charge on any atom is -0.473 e. The maximum Gasteiger partial charge on any atom is 0.337 e. The topological polar surface area (TPSA) is 75.5 Å². The molecule has 208 valence electrons. The van der Waals surface area contributed by atoms with E-state index in [4.69, 9.17) is 19.2 Å². The lowest BCUT2D eigenvalue weighted by Crippen LogP contribution is -2.31. The summed E-state index contributed by atoms with van der Waals surface area (Å²) in [6.07, 6.45) is 0.916. The fourth-order valence-electron chi connectivity index (χ4n) is 4.86. The number of benzene rings is 3. The zero-order chi connectivity index (χ0) is 28.3. The first-order chi connectivity index (χ1) is 20.0. The number of fused-ring (bicyclic) bond motifs is 1. The van der Waals surface area contributed by atoms with Gasteiger partial charge >= 0.3 is 5.97 Å². The van der Waals surface area contributed by atoms with Crippen LogP contribution in [0.3, 0.4) is 0 Å². The number of hydrogen-bond acceptors (Lipinski definition) is 6. The summed E-state index contributed by atoms with van der Waals surface area (Å²) in [6, 6.07) is 22.0. The predicted octanol–water partition coefficient (Wildman–Crippen LogP) is 6.12. The third kappa shape index (κ3) is 5.67. The molecule has 7 nitrogen and oxygen atoms in total. The van der Waals surface area contributed by atoms with Crippen LogP contribution in [0.25, 0.3) is 22.3 Å². The number of halogens is 2. The summed E-state index contributed by atoms with van der Waals surface area (Å²) in [5, 5.41) is 0. The minimum absolute atomic E-state index is 0.0145. The van der Waals surface area contributed by atoms with Crippen molar-refractivity contribution in [3.63, 3.8) is 0 Å². The van der Waals surface area contributed by atoms with Crippen molar-refractivity contribution in [1.29, 1.82) is 0 Å². The number of hydrogen-bond donors (Lipinski definition) is 0. The SMILES string of the molecule is COC(=O)c1ccc2nc(Cc3cc(F)c(-c4cccc(OCc5ccccc5)n4)cc3F)n(C[C@@H]3CCO3)c2c1. The third-order valence-corrected chi connectivity index (χ3v) is 7.14. The van der Waals surface area contributed by atoms with Gasteiger partial charge < -0.3 is 18.8 Å². The van der Waals surface area contributed by atoms with Crippen LogP contribution in [0.15, 0.2) is 78.9 Å². The van der Waals surface area contributed by atoms with Crippen molar-refractivity contribution >= 4 is 17.0 Å². The molecule has 1 aliphatic heterocycles. The molecular formula is C32H27F2N3O4. The van der Waals surface area contributed by atoms with Gasteiger partial charge in [-0.2, -0.15) is 0 Å². The van der Waals surface area contributed by atoms with Crippen LogP contribution in [-0.2, 0) is 29.0 Å². The van der Waals surface area contributed by atoms with Crippen LogP contribution in [0.4, 0.5) is 8.78 Å². The maximum absolute atomic E-state index is 15.5. The first-order valence-corrected chi connectivity index (χ1v) is 13.3. The van der Waals surface area contributed by atoms with E-state index in [0.29, 0.717) is 48.1 Å². The van der Waals surface area contributed by atoms with Gasteiger partial charge in [0.25, 0.3) is 0 Å². The molecule has 6 rings (SSSR count). The van der Waals surface area contributed by atoms with Gasteiger partial charge in [0.15, 0.2) is 0 Å². The Morgan fingerprint density at radius 3 is 2.59 bits per heavy atom. The lowest BCUT2D eigenvalue weighted by atomic mass is 10.0. The van der Waals surface area contributed by atoms with E-state index in [1.807, 2.05) is 34.9 Å². The van der Waals surface area contributed by atoms with Crippen LogP contribution >= 0.6 is 0 Å². The zero-order valence-electron chi connectivity index (χ0n) is 22.3. The molecule has 1 fully saturated rings. The Morgan fingerprint density at radius 2 is 1.83 bits per heavy atom. The van der Waals surface area contributed by atoms with Crippen LogP contribution in [0.2, 0.25) is 0 Å². The fourth-order valence-corrected chi connectivity index (χ4v) is 4.86. The molecule has 3 aromatic carbocycles. The number of pyridine rings is 1. The number of carbonyl (C=O) groups is 1. The number of nitrogens with zero attached hydrogens (tertiary/aromatic N) is 3. The van der Waals surface area contributed by atoms with Crippen molar-refractivity contribution in [3.05, 3.63) is 113 Å². The van der Waals surface area contributed by atoms with E-state index in [9.17, 15) is 4.79 Å².